The summed E-state index contributed by atoms with van der Waals surface area (Å²) in [6.45, 7) is 0. The molecule has 17 heavy (non-hydrogen) atoms. The second kappa shape index (κ2) is 4.53. The van der Waals surface area contributed by atoms with Gasteiger partial charge in [0.05, 0.1) is 7.11 Å². The zero-order valence-electron chi connectivity index (χ0n) is 8.35. The molecule has 0 aliphatic carbocycles. The van der Waals surface area contributed by atoms with Crippen LogP contribution in [-0.4, -0.2) is 12.1 Å². The lowest BCUT2D eigenvalue weighted by atomic mass is 10.1. The van der Waals surface area contributed by atoms with Gasteiger partial charge in [0.25, 0.3) is 6.43 Å². The molecule has 0 saturated carbocycles. The Morgan fingerprint density at radius 3 is 2.35 bits per heavy atom. The first-order chi connectivity index (χ1) is 7.81. The Balaban J connectivity index is 3.60. The molecule has 92 valence electrons. The van der Waals surface area contributed by atoms with Gasteiger partial charge in [-0.05, 0) is 6.07 Å². The first-order valence-electron chi connectivity index (χ1n) is 4.15. The maximum absolute atomic E-state index is 12.6. The molecule has 0 radical (unpaired) electrons. The van der Waals surface area contributed by atoms with Crippen molar-refractivity contribution in [3.8, 4) is 11.9 Å². The maximum atomic E-state index is 12.6. The minimum absolute atomic E-state index is 0.399. The van der Waals surface area contributed by atoms with E-state index >= 15 is 0 Å². The van der Waals surface area contributed by atoms with Crippen LogP contribution in [0.5, 0.6) is 5.88 Å². The van der Waals surface area contributed by atoms with Gasteiger partial charge in [0.1, 0.15) is 17.3 Å². The highest BCUT2D eigenvalue weighted by atomic mass is 19.4. The van der Waals surface area contributed by atoms with E-state index in [0.29, 0.717) is 6.07 Å². The Morgan fingerprint density at radius 1 is 1.41 bits per heavy atom. The Bertz CT molecular complexity index is 464. The van der Waals surface area contributed by atoms with Crippen LogP contribution >= 0.6 is 0 Å². The molecule has 0 aromatic carbocycles. The summed E-state index contributed by atoms with van der Waals surface area (Å²) in [6.07, 6.45) is -8.41. The van der Waals surface area contributed by atoms with Crippen LogP contribution in [0.25, 0.3) is 0 Å². The van der Waals surface area contributed by atoms with Gasteiger partial charge in [0, 0.05) is 5.56 Å². The number of halogens is 5. The fraction of sp³-hybridized carbons (Fsp3) is 0.333. The number of rotatable bonds is 2. The van der Waals surface area contributed by atoms with Crippen LogP contribution in [0.15, 0.2) is 6.07 Å². The van der Waals surface area contributed by atoms with Crippen molar-refractivity contribution < 1.29 is 26.7 Å². The molecule has 1 heterocycles. The second-order valence-electron chi connectivity index (χ2n) is 2.89. The normalized spacial score (nSPS) is 11.4. The highest BCUT2D eigenvalue weighted by molar-refractivity contribution is 5.42. The molecular formula is C9H5F5N2O. The van der Waals surface area contributed by atoms with E-state index in [1.165, 1.54) is 6.07 Å². The van der Waals surface area contributed by atoms with Crippen LogP contribution in [-0.2, 0) is 6.18 Å². The fourth-order valence-electron chi connectivity index (χ4n) is 1.20. The SMILES string of the molecule is COc1nc(C#N)cc(C(F)F)c1C(F)(F)F. The van der Waals surface area contributed by atoms with Gasteiger partial charge in [-0.15, -0.1) is 0 Å². The van der Waals surface area contributed by atoms with Crippen molar-refractivity contribution in [2.45, 2.75) is 12.6 Å². The predicted molar refractivity (Wildman–Crippen MR) is 45.5 cm³/mol. The van der Waals surface area contributed by atoms with E-state index in [-0.39, 0.29) is 0 Å². The topological polar surface area (TPSA) is 45.9 Å². The Hall–Kier alpha value is -1.91. The summed E-state index contributed by atoms with van der Waals surface area (Å²) in [5, 5.41) is 8.46. The zero-order chi connectivity index (χ0) is 13.2. The molecule has 0 aliphatic rings. The van der Waals surface area contributed by atoms with E-state index in [4.69, 9.17) is 5.26 Å². The Labute approximate surface area is 92.4 Å². The lowest BCUT2D eigenvalue weighted by Crippen LogP contribution is -2.13. The number of alkyl halides is 5. The molecule has 0 fully saturated rings. The van der Waals surface area contributed by atoms with Gasteiger partial charge >= 0.3 is 6.18 Å². The van der Waals surface area contributed by atoms with Gasteiger partial charge in [-0.3, -0.25) is 0 Å². The van der Waals surface area contributed by atoms with Gasteiger partial charge in [-0.25, -0.2) is 13.8 Å². The van der Waals surface area contributed by atoms with Crippen LogP contribution < -0.4 is 4.74 Å². The molecular weight excluding hydrogens is 247 g/mol. The highest BCUT2D eigenvalue weighted by Crippen LogP contribution is 2.41. The van der Waals surface area contributed by atoms with E-state index < -0.39 is 35.3 Å². The van der Waals surface area contributed by atoms with Gasteiger partial charge < -0.3 is 4.74 Å². The molecule has 1 rings (SSSR count). The van der Waals surface area contributed by atoms with Crippen molar-refractivity contribution in [3.05, 3.63) is 22.9 Å². The van der Waals surface area contributed by atoms with Crippen LogP contribution in [0.4, 0.5) is 22.0 Å². The Kier molecular flexibility index (Phi) is 3.50. The quantitative estimate of drug-likeness (QED) is 0.760. The number of pyridine rings is 1. The molecule has 0 atom stereocenters. The minimum atomic E-state index is -5.03. The summed E-state index contributed by atoms with van der Waals surface area (Å²) >= 11 is 0. The molecule has 0 unspecified atom stereocenters. The minimum Gasteiger partial charge on any atom is -0.481 e. The van der Waals surface area contributed by atoms with E-state index in [1.54, 1.807) is 0 Å². The van der Waals surface area contributed by atoms with Gasteiger partial charge in [-0.2, -0.15) is 18.4 Å². The highest BCUT2D eigenvalue weighted by Gasteiger charge is 2.40. The van der Waals surface area contributed by atoms with E-state index in [0.717, 1.165) is 7.11 Å². The van der Waals surface area contributed by atoms with E-state index in [2.05, 4.69) is 9.72 Å². The number of aromatic nitrogens is 1. The molecule has 8 heteroatoms. The molecule has 0 amide bonds. The third-order valence-corrected chi connectivity index (χ3v) is 1.84. The van der Waals surface area contributed by atoms with Crippen LogP contribution in [0.2, 0.25) is 0 Å². The lowest BCUT2D eigenvalue weighted by Gasteiger charge is -2.15. The van der Waals surface area contributed by atoms with Gasteiger partial charge in [-0.1, -0.05) is 0 Å². The molecule has 0 bridgehead atoms. The van der Waals surface area contributed by atoms with Crippen molar-refractivity contribution in [1.29, 1.82) is 5.26 Å². The number of nitrogens with zero attached hydrogens (tertiary/aromatic N) is 2. The van der Waals surface area contributed by atoms with Gasteiger partial charge in [0.2, 0.25) is 5.88 Å². The molecule has 0 saturated heterocycles. The summed E-state index contributed by atoms with van der Waals surface area (Å²) in [5.41, 5.74) is -3.54. The number of ether oxygens (including phenoxy) is 1. The standard InChI is InChI=1S/C9H5F5N2O/c1-17-8-6(9(12,13)14)5(7(10)11)2-4(3-15)16-8/h2,7H,1H3. The third kappa shape index (κ3) is 2.61. The third-order valence-electron chi connectivity index (χ3n) is 1.84. The maximum Gasteiger partial charge on any atom is 0.422 e. The summed E-state index contributed by atoms with van der Waals surface area (Å²) in [6, 6.07) is 1.78. The monoisotopic (exact) mass is 252 g/mol. The summed E-state index contributed by atoms with van der Waals surface area (Å²) < 4.78 is 67.0. The average molecular weight is 252 g/mol. The summed E-state index contributed by atoms with van der Waals surface area (Å²) in [5.74, 6) is -1.04. The van der Waals surface area contributed by atoms with E-state index in [1.807, 2.05) is 0 Å². The van der Waals surface area contributed by atoms with Crippen molar-refractivity contribution in [3.63, 3.8) is 0 Å². The van der Waals surface area contributed by atoms with Crippen molar-refractivity contribution in [1.82, 2.24) is 4.98 Å². The van der Waals surface area contributed by atoms with Crippen LogP contribution in [0, 0.1) is 11.3 Å². The van der Waals surface area contributed by atoms with Crippen molar-refractivity contribution >= 4 is 0 Å². The number of hydrogen-bond donors (Lipinski definition) is 0. The van der Waals surface area contributed by atoms with Gasteiger partial charge in [0.15, 0.2) is 0 Å². The zero-order valence-corrected chi connectivity index (χ0v) is 8.35. The number of hydrogen-bond acceptors (Lipinski definition) is 3. The molecule has 0 aliphatic heterocycles. The molecule has 1 aromatic heterocycles. The first kappa shape index (κ1) is 13.2. The molecule has 0 spiro atoms. The molecule has 1 aromatic rings. The largest absolute Gasteiger partial charge is 0.481 e. The lowest BCUT2D eigenvalue weighted by molar-refractivity contribution is -0.141. The Morgan fingerprint density at radius 2 is 2.00 bits per heavy atom. The molecule has 0 N–H and O–H groups in total. The van der Waals surface area contributed by atoms with E-state index in [9.17, 15) is 22.0 Å². The second-order valence-corrected chi connectivity index (χ2v) is 2.89. The number of nitriles is 1. The fourth-order valence-corrected chi connectivity index (χ4v) is 1.20. The van der Waals surface area contributed by atoms with Crippen molar-refractivity contribution in [2.24, 2.45) is 0 Å². The smallest absolute Gasteiger partial charge is 0.422 e. The summed E-state index contributed by atoms with van der Waals surface area (Å²) in [4.78, 5) is 3.18. The van der Waals surface area contributed by atoms with Crippen LogP contribution in [0.1, 0.15) is 23.2 Å². The summed E-state index contributed by atoms with van der Waals surface area (Å²) in [7, 11) is 0.855. The molecule has 3 nitrogen and oxygen atoms in total. The first-order valence-corrected chi connectivity index (χ1v) is 4.15. The van der Waals surface area contributed by atoms with Crippen molar-refractivity contribution in [2.75, 3.05) is 7.11 Å². The average Bonchev–Trinajstić information content (AvgIpc) is 2.25. The van der Waals surface area contributed by atoms with Crippen LogP contribution in [0.3, 0.4) is 0 Å². The predicted octanol–water partition coefficient (Wildman–Crippen LogP) is 2.92. The number of methoxy groups -OCH3 is 1.